The summed E-state index contributed by atoms with van der Waals surface area (Å²) >= 11 is 7.39. The number of halogens is 1. The number of hydrogen-bond donors (Lipinski definition) is 2. The van der Waals surface area contributed by atoms with Gasteiger partial charge in [0, 0.05) is 16.5 Å². The van der Waals surface area contributed by atoms with Gasteiger partial charge in [0.1, 0.15) is 0 Å². The number of anilines is 1. The number of carbonyl (C=O) groups is 1. The maximum Gasteiger partial charge on any atom is 0.240 e. The van der Waals surface area contributed by atoms with Crippen LogP contribution >= 0.6 is 23.4 Å². The number of aryl methyl sites for hydroxylation is 1. The van der Waals surface area contributed by atoms with Crippen LogP contribution in [0.2, 0.25) is 5.02 Å². The smallest absolute Gasteiger partial charge is 0.240 e. The molecule has 0 aromatic heterocycles. The van der Waals surface area contributed by atoms with Gasteiger partial charge in [-0.3, -0.25) is 4.79 Å². The second-order valence-corrected chi connectivity index (χ2v) is 8.64. The second kappa shape index (κ2) is 8.71. The maximum atomic E-state index is 12.1. The summed E-state index contributed by atoms with van der Waals surface area (Å²) in [6.07, 6.45) is 0. The predicted octanol–water partition coefficient (Wildman–Crippen LogP) is 3.43. The van der Waals surface area contributed by atoms with Crippen LogP contribution in [0.5, 0.6) is 0 Å². The molecule has 8 heteroatoms. The number of carbonyl (C=O) groups excluding carboxylic acids is 1. The van der Waals surface area contributed by atoms with Crippen LogP contribution in [0.25, 0.3) is 0 Å². The predicted molar refractivity (Wildman–Crippen MR) is 104 cm³/mol. The first-order chi connectivity index (χ1) is 11.8. The second-order valence-electron chi connectivity index (χ2n) is 5.36. The Balaban J connectivity index is 1.95. The van der Waals surface area contributed by atoms with Crippen molar-refractivity contribution in [2.24, 2.45) is 0 Å². The summed E-state index contributed by atoms with van der Waals surface area (Å²) in [5.41, 5.74) is 2.11. The normalized spacial score (nSPS) is 11.3. The molecule has 2 aromatic carbocycles. The molecule has 0 heterocycles. The van der Waals surface area contributed by atoms with E-state index < -0.39 is 10.0 Å². The van der Waals surface area contributed by atoms with Crippen molar-refractivity contribution in [2.75, 3.05) is 18.1 Å². The molecule has 0 aliphatic heterocycles. The first-order valence-electron chi connectivity index (χ1n) is 7.48. The van der Waals surface area contributed by atoms with Crippen molar-refractivity contribution >= 4 is 45.0 Å². The van der Waals surface area contributed by atoms with Gasteiger partial charge in [0.25, 0.3) is 0 Å². The van der Waals surface area contributed by atoms with E-state index in [2.05, 4.69) is 10.0 Å². The standard InChI is InChI=1S/C17H19ClN2O3S2/c1-12-6-7-15(9-16(12)25(22,23)19-2)20-17(21)11-24-10-13-4-3-5-14(18)8-13/h3-9,19H,10-11H2,1-2H3,(H,20,21). The molecule has 5 nitrogen and oxygen atoms in total. The maximum absolute atomic E-state index is 12.1. The Morgan fingerprint density at radius 1 is 1.20 bits per heavy atom. The largest absolute Gasteiger partial charge is 0.325 e. The number of thioether (sulfide) groups is 1. The molecule has 1 amide bonds. The SMILES string of the molecule is CNS(=O)(=O)c1cc(NC(=O)CSCc2cccc(Cl)c2)ccc1C. The van der Waals surface area contributed by atoms with Crippen LogP contribution in [0, 0.1) is 6.92 Å². The van der Waals surface area contributed by atoms with Crippen molar-refractivity contribution in [2.45, 2.75) is 17.6 Å². The summed E-state index contributed by atoms with van der Waals surface area (Å²) in [6.45, 7) is 1.71. The monoisotopic (exact) mass is 398 g/mol. The minimum absolute atomic E-state index is 0.152. The van der Waals surface area contributed by atoms with Crippen LogP contribution in [-0.2, 0) is 20.6 Å². The van der Waals surface area contributed by atoms with Crippen molar-refractivity contribution in [1.82, 2.24) is 4.72 Å². The number of rotatable bonds is 7. The van der Waals surface area contributed by atoms with Gasteiger partial charge in [0.2, 0.25) is 15.9 Å². The molecule has 25 heavy (non-hydrogen) atoms. The summed E-state index contributed by atoms with van der Waals surface area (Å²) in [5.74, 6) is 0.735. The zero-order valence-electron chi connectivity index (χ0n) is 13.9. The number of benzene rings is 2. The van der Waals surface area contributed by atoms with Crippen LogP contribution in [0.3, 0.4) is 0 Å². The third kappa shape index (κ3) is 5.74. The molecular weight excluding hydrogens is 380 g/mol. The van der Waals surface area contributed by atoms with Gasteiger partial charge in [-0.1, -0.05) is 29.8 Å². The van der Waals surface area contributed by atoms with Crippen molar-refractivity contribution in [3.8, 4) is 0 Å². The van der Waals surface area contributed by atoms with Gasteiger partial charge in [0.05, 0.1) is 10.6 Å². The lowest BCUT2D eigenvalue weighted by molar-refractivity contribution is -0.113. The molecular formula is C17H19ClN2O3S2. The zero-order valence-corrected chi connectivity index (χ0v) is 16.3. The van der Waals surface area contributed by atoms with Crippen LogP contribution in [-0.4, -0.2) is 27.1 Å². The number of amides is 1. The van der Waals surface area contributed by atoms with Gasteiger partial charge in [-0.05, 0) is 49.4 Å². The Kier molecular flexibility index (Phi) is 6.89. The fourth-order valence-corrected chi connectivity index (χ4v) is 4.14. The van der Waals surface area contributed by atoms with Crippen LogP contribution in [0.1, 0.15) is 11.1 Å². The highest BCUT2D eigenvalue weighted by molar-refractivity contribution is 7.99. The molecule has 0 spiro atoms. The van der Waals surface area contributed by atoms with E-state index in [4.69, 9.17) is 11.6 Å². The topological polar surface area (TPSA) is 75.3 Å². The van der Waals surface area contributed by atoms with E-state index in [1.54, 1.807) is 25.1 Å². The lowest BCUT2D eigenvalue weighted by Crippen LogP contribution is -2.20. The molecule has 134 valence electrons. The summed E-state index contributed by atoms with van der Waals surface area (Å²) in [5, 5.41) is 3.39. The van der Waals surface area contributed by atoms with Gasteiger partial charge in [-0.15, -0.1) is 11.8 Å². The van der Waals surface area contributed by atoms with Gasteiger partial charge >= 0.3 is 0 Å². The lowest BCUT2D eigenvalue weighted by atomic mass is 10.2. The molecule has 0 atom stereocenters. The highest BCUT2D eigenvalue weighted by Gasteiger charge is 2.15. The summed E-state index contributed by atoms with van der Waals surface area (Å²) in [6, 6.07) is 12.3. The van der Waals surface area contributed by atoms with Gasteiger partial charge in [-0.25, -0.2) is 13.1 Å². The molecule has 0 aliphatic rings. The summed E-state index contributed by atoms with van der Waals surface area (Å²) < 4.78 is 26.2. The van der Waals surface area contributed by atoms with E-state index in [0.717, 1.165) is 5.56 Å². The van der Waals surface area contributed by atoms with Gasteiger partial charge < -0.3 is 5.32 Å². The molecule has 0 bridgehead atoms. The minimum Gasteiger partial charge on any atom is -0.325 e. The molecule has 0 unspecified atom stereocenters. The third-order valence-corrected chi connectivity index (χ3v) is 6.22. The van der Waals surface area contributed by atoms with Crippen LogP contribution in [0.15, 0.2) is 47.4 Å². The Bertz CT molecular complexity index is 870. The third-order valence-electron chi connectivity index (χ3n) is 3.42. The van der Waals surface area contributed by atoms with Crippen LogP contribution < -0.4 is 10.0 Å². The average Bonchev–Trinajstić information content (AvgIpc) is 2.56. The first-order valence-corrected chi connectivity index (χ1v) is 10.5. The quantitative estimate of drug-likeness (QED) is 0.749. The lowest BCUT2D eigenvalue weighted by Gasteiger charge is -2.10. The Labute approximate surface area is 157 Å². The van der Waals surface area contributed by atoms with Gasteiger partial charge in [-0.2, -0.15) is 0 Å². The van der Waals surface area contributed by atoms with E-state index in [1.165, 1.54) is 24.9 Å². The molecule has 2 N–H and O–H groups in total. The van der Waals surface area contributed by atoms with Crippen molar-refractivity contribution in [3.63, 3.8) is 0 Å². The van der Waals surface area contributed by atoms with E-state index in [9.17, 15) is 13.2 Å². The molecule has 2 rings (SSSR count). The van der Waals surface area contributed by atoms with E-state index >= 15 is 0 Å². The van der Waals surface area contributed by atoms with E-state index in [1.807, 2.05) is 18.2 Å². The van der Waals surface area contributed by atoms with Crippen LogP contribution in [0.4, 0.5) is 5.69 Å². The van der Waals surface area contributed by atoms with Crippen molar-refractivity contribution < 1.29 is 13.2 Å². The summed E-state index contributed by atoms with van der Waals surface area (Å²) in [4.78, 5) is 12.2. The number of nitrogens with one attached hydrogen (secondary N) is 2. The Morgan fingerprint density at radius 3 is 2.64 bits per heavy atom. The fourth-order valence-electron chi connectivity index (χ4n) is 2.16. The van der Waals surface area contributed by atoms with E-state index in [0.29, 0.717) is 22.0 Å². The fraction of sp³-hybridized carbons (Fsp3) is 0.235. The molecule has 2 aromatic rings. The van der Waals surface area contributed by atoms with E-state index in [-0.39, 0.29) is 16.6 Å². The number of sulfonamides is 1. The molecule has 0 saturated heterocycles. The zero-order chi connectivity index (χ0) is 18.4. The highest BCUT2D eigenvalue weighted by atomic mass is 35.5. The molecule has 0 aliphatic carbocycles. The average molecular weight is 399 g/mol. The molecule has 0 radical (unpaired) electrons. The van der Waals surface area contributed by atoms with Crippen molar-refractivity contribution in [1.29, 1.82) is 0 Å². The van der Waals surface area contributed by atoms with Crippen molar-refractivity contribution in [3.05, 3.63) is 58.6 Å². The Hall–Kier alpha value is -1.54. The minimum atomic E-state index is -3.56. The highest BCUT2D eigenvalue weighted by Crippen LogP contribution is 2.21. The number of hydrogen-bond acceptors (Lipinski definition) is 4. The summed E-state index contributed by atoms with van der Waals surface area (Å²) in [7, 11) is -2.21. The first kappa shape index (κ1) is 19.8. The Morgan fingerprint density at radius 2 is 1.96 bits per heavy atom. The molecule has 0 saturated carbocycles. The molecule has 0 fully saturated rings. The van der Waals surface area contributed by atoms with Gasteiger partial charge in [0.15, 0.2) is 0 Å².